The maximum Gasteiger partial charge on any atom is 0.192 e. The van der Waals surface area contributed by atoms with Gasteiger partial charge in [-0.25, -0.2) is 0 Å². The fraction of sp³-hybridized carbons (Fsp3) is 0.500. The molecular weight excluding hydrogens is 394 g/mol. The molecule has 1 N–H and O–H groups in total. The van der Waals surface area contributed by atoms with Crippen LogP contribution in [-0.2, 0) is 4.43 Å². The minimum Gasteiger partial charge on any atom is -0.411 e. The summed E-state index contributed by atoms with van der Waals surface area (Å²) in [5.41, 5.74) is 2.40. The van der Waals surface area contributed by atoms with Gasteiger partial charge in [-0.15, -0.1) is 0 Å². The van der Waals surface area contributed by atoms with Crippen molar-refractivity contribution < 1.29 is 9.53 Å². The Labute approximate surface area is 180 Å². The highest BCUT2D eigenvalue weighted by Gasteiger charge is 2.45. The lowest BCUT2D eigenvalue weighted by Crippen LogP contribution is -2.55. The van der Waals surface area contributed by atoms with Gasteiger partial charge in [0.05, 0.1) is 29.6 Å². The Bertz CT molecular complexity index is 834. The lowest BCUT2D eigenvalue weighted by atomic mass is 9.88. The molecule has 3 atom stereocenters. The van der Waals surface area contributed by atoms with Crippen molar-refractivity contribution in [2.75, 3.05) is 4.90 Å². The molecule has 0 spiro atoms. The van der Waals surface area contributed by atoms with E-state index in [2.05, 4.69) is 87.3 Å². The molecule has 2 aromatic carbocycles. The maximum absolute atomic E-state index is 11.5. The standard InChI is InChI=1S/C24H33NO2SSi/c1-24(2,3)29(4,5)27-20-14-10-13-19(23(20)26)25-17-11-6-8-15-21(17)28-22-16-9-7-12-18(22)25/h6-9,11-12,15-16,19-20,23,26H,10,13-14H2,1-5H3/t19?,20?,23-/m1/s1. The van der Waals surface area contributed by atoms with E-state index in [1.54, 1.807) is 0 Å². The molecule has 29 heavy (non-hydrogen) atoms. The van der Waals surface area contributed by atoms with Crippen LogP contribution in [0.5, 0.6) is 0 Å². The molecule has 1 fully saturated rings. The predicted octanol–water partition coefficient (Wildman–Crippen LogP) is 6.59. The van der Waals surface area contributed by atoms with Crippen LogP contribution in [0.3, 0.4) is 0 Å². The number of nitrogens with zero attached hydrogens (tertiary/aromatic N) is 1. The number of aliphatic hydroxyl groups excluding tert-OH is 1. The molecule has 0 radical (unpaired) electrons. The van der Waals surface area contributed by atoms with Crippen molar-refractivity contribution in [2.45, 2.75) is 86.2 Å². The van der Waals surface area contributed by atoms with Gasteiger partial charge in [0.25, 0.3) is 0 Å². The lowest BCUT2D eigenvalue weighted by molar-refractivity contribution is -0.0132. The molecule has 1 heterocycles. The molecule has 0 amide bonds. The van der Waals surface area contributed by atoms with Crippen molar-refractivity contribution in [1.29, 1.82) is 0 Å². The van der Waals surface area contributed by atoms with E-state index in [1.165, 1.54) is 21.2 Å². The molecule has 0 saturated heterocycles. The Morgan fingerprint density at radius 1 is 0.966 bits per heavy atom. The van der Waals surface area contributed by atoms with Crippen LogP contribution >= 0.6 is 11.8 Å². The van der Waals surface area contributed by atoms with Gasteiger partial charge in [0.2, 0.25) is 0 Å². The number of anilines is 2. The Balaban J connectivity index is 1.68. The molecule has 2 aromatic rings. The number of aliphatic hydroxyl groups is 1. The fourth-order valence-electron chi connectivity index (χ4n) is 4.17. The zero-order valence-electron chi connectivity index (χ0n) is 18.2. The van der Waals surface area contributed by atoms with Crippen LogP contribution in [0.25, 0.3) is 0 Å². The van der Waals surface area contributed by atoms with Gasteiger partial charge < -0.3 is 14.4 Å². The Hall–Kier alpha value is -1.27. The maximum atomic E-state index is 11.5. The van der Waals surface area contributed by atoms with Gasteiger partial charge in [-0.05, 0) is 61.7 Å². The SMILES string of the molecule is CC(C)(C)[Si](C)(C)OC1CCCC(N2c3ccccc3Sc3ccccc32)[C@H]1O. The van der Waals surface area contributed by atoms with Gasteiger partial charge in [0.15, 0.2) is 8.32 Å². The van der Waals surface area contributed by atoms with Crippen molar-refractivity contribution in [3.8, 4) is 0 Å². The molecule has 5 heteroatoms. The molecule has 0 bridgehead atoms. The minimum absolute atomic E-state index is 0.0294. The molecule has 0 aromatic heterocycles. The van der Waals surface area contributed by atoms with Crippen LogP contribution in [0.15, 0.2) is 58.3 Å². The summed E-state index contributed by atoms with van der Waals surface area (Å²) < 4.78 is 6.71. The molecule has 1 aliphatic heterocycles. The highest BCUT2D eigenvalue weighted by Crippen LogP contribution is 2.50. The smallest absolute Gasteiger partial charge is 0.192 e. The topological polar surface area (TPSA) is 32.7 Å². The van der Waals surface area contributed by atoms with Crippen LogP contribution in [-0.4, -0.2) is 31.7 Å². The van der Waals surface area contributed by atoms with E-state index in [9.17, 15) is 5.11 Å². The second-order valence-electron chi connectivity index (χ2n) is 9.81. The predicted molar refractivity (Wildman–Crippen MR) is 125 cm³/mol. The van der Waals surface area contributed by atoms with E-state index in [0.29, 0.717) is 0 Å². The zero-order valence-corrected chi connectivity index (χ0v) is 20.0. The summed E-state index contributed by atoms with van der Waals surface area (Å²) in [5.74, 6) is 0. The van der Waals surface area contributed by atoms with E-state index in [1.807, 2.05) is 11.8 Å². The van der Waals surface area contributed by atoms with Crippen LogP contribution < -0.4 is 4.90 Å². The van der Waals surface area contributed by atoms with E-state index in [0.717, 1.165) is 19.3 Å². The minimum atomic E-state index is -1.94. The highest BCUT2D eigenvalue weighted by molar-refractivity contribution is 7.99. The first kappa shape index (κ1) is 21.0. The first-order valence-electron chi connectivity index (χ1n) is 10.7. The third kappa shape index (κ3) is 3.90. The molecule has 1 aliphatic carbocycles. The second kappa shape index (κ2) is 7.77. The van der Waals surface area contributed by atoms with Crippen molar-refractivity contribution in [3.05, 3.63) is 48.5 Å². The molecule has 2 aliphatic rings. The van der Waals surface area contributed by atoms with Crippen molar-refractivity contribution in [2.24, 2.45) is 0 Å². The number of fused-ring (bicyclic) bond motifs is 2. The van der Waals surface area contributed by atoms with Crippen LogP contribution in [0.2, 0.25) is 18.1 Å². The summed E-state index contributed by atoms with van der Waals surface area (Å²) in [7, 11) is -1.94. The van der Waals surface area contributed by atoms with Crippen LogP contribution in [0.4, 0.5) is 11.4 Å². The molecule has 4 rings (SSSR count). The number of benzene rings is 2. The second-order valence-corrected chi connectivity index (χ2v) is 15.7. The third-order valence-corrected chi connectivity index (χ3v) is 12.5. The average molecular weight is 428 g/mol. The molecular formula is C24H33NO2SSi. The zero-order chi connectivity index (χ0) is 20.8. The van der Waals surface area contributed by atoms with E-state index in [4.69, 9.17) is 4.43 Å². The summed E-state index contributed by atoms with van der Waals surface area (Å²) in [6.45, 7) is 11.4. The lowest BCUT2D eigenvalue weighted by Gasteiger charge is -2.48. The number of hydrogen-bond acceptors (Lipinski definition) is 4. The van der Waals surface area contributed by atoms with Gasteiger partial charge in [0.1, 0.15) is 0 Å². The first-order chi connectivity index (χ1) is 13.7. The molecule has 156 valence electrons. The summed E-state index contributed by atoms with van der Waals surface area (Å²) in [5, 5.41) is 11.6. The molecule has 3 nitrogen and oxygen atoms in total. The Morgan fingerprint density at radius 3 is 2.07 bits per heavy atom. The van der Waals surface area contributed by atoms with Gasteiger partial charge in [-0.3, -0.25) is 0 Å². The quantitative estimate of drug-likeness (QED) is 0.560. The van der Waals surface area contributed by atoms with E-state index in [-0.39, 0.29) is 17.2 Å². The van der Waals surface area contributed by atoms with Gasteiger partial charge >= 0.3 is 0 Å². The van der Waals surface area contributed by atoms with E-state index >= 15 is 0 Å². The van der Waals surface area contributed by atoms with Crippen LogP contribution in [0.1, 0.15) is 40.0 Å². The Kier molecular flexibility index (Phi) is 5.62. The average Bonchev–Trinajstić information content (AvgIpc) is 2.67. The van der Waals surface area contributed by atoms with Crippen molar-refractivity contribution >= 4 is 31.5 Å². The normalized spacial score (nSPS) is 24.8. The van der Waals surface area contributed by atoms with Gasteiger partial charge in [-0.2, -0.15) is 0 Å². The fourth-order valence-corrected chi connectivity index (χ4v) is 6.61. The molecule has 2 unspecified atom stereocenters. The monoisotopic (exact) mass is 427 g/mol. The highest BCUT2D eigenvalue weighted by atomic mass is 32.2. The summed E-state index contributed by atoms with van der Waals surface area (Å²) in [6, 6.07) is 17.1. The van der Waals surface area contributed by atoms with Gasteiger partial charge in [-0.1, -0.05) is 56.8 Å². The summed E-state index contributed by atoms with van der Waals surface area (Å²) >= 11 is 1.82. The third-order valence-electron chi connectivity index (χ3n) is 6.82. The first-order valence-corrected chi connectivity index (χ1v) is 14.4. The largest absolute Gasteiger partial charge is 0.411 e. The summed E-state index contributed by atoms with van der Waals surface area (Å²) in [4.78, 5) is 4.89. The van der Waals surface area contributed by atoms with Gasteiger partial charge in [0, 0.05) is 9.79 Å². The summed E-state index contributed by atoms with van der Waals surface area (Å²) in [6.07, 6.45) is 2.40. The number of hydrogen-bond donors (Lipinski definition) is 1. The van der Waals surface area contributed by atoms with Crippen LogP contribution in [0, 0.1) is 0 Å². The van der Waals surface area contributed by atoms with Crippen molar-refractivity contribution in [1.82, 2.24) is 0 Å². The Morgan fingerprint density at radius 2 is 1.52 bits per heavy atom. The molecule has 1 saturated carbocycles. The van der Waals surface area contributed by atoms with Crippen molar-refractivity contribution in [3.63, 3.8) is 0 Å². The number of para-hydroxylation sites is 2. The number of rotatable bonds is 3. The van der Waals surface area contributed by atoms with E-state index < -0.39 is 14.4 Å².